The van der Waals surface area contributed by atoms with Crippen LogP contribution >= 0.6 is 11.3 Å². The molecule has 170 valence electrons. The van der Waals surface area contributed by atoms with Crippen LogP contribution in [0.15, 0.2) is 24.3 Å². The van der Waals surface area contributed by atoms with Crippen LogP contribution in [0.3, 0.4) is 0 Å². The monoisotopic (exact) mass is 452 g/mol. The van der Waals surface area contributed by atoms with Crippen LogP contribution in [0.4, 0.5) is 10.2 Å². The number of hydrogen-bond donors (Lipinski definition) is 0. The van der Waals surface area contributed by atoms with Gasteiger partial charge in [0.25, 0.3) is 0 Å². The zero-order chi connectivity index (χ0) is 22.2. The number of nitrogens with zero attached hydrogens (tertiary/aromatic N) is 4. The zero-order valence-corrected chi connectivity index (χ0v) is 20.2. The number of piperazine rings is 1. The van der Waals surface area contributed by atoms with E-state index in [-0.39, 0.29) is 5.82 Å². The molecule has 2 aliphatic rings. The molecule has 5 rings (SSSR count). The highest BCUT2D eigenvalue weighted by Gasteiger charge is 2.27. The summed E-state index contributed by atoms with van der Waals surface area (Å²) in [7, 11) is 0. The minimum absolute atomic E-state index is 0.169. The lowest BCUT2D eigenvalue weighted by Gasteiger charge is -2.36. The SMILES string of the molecule is CC(C)Cc1nc(N2CCN(Cc3ccc(F)cc3)CC2)c2c3c(sc2n1)C[C@H](C)CC3. The molecular formula is C26H33FN4S. The maximum absolute atomic E-state index is 13.2. The molecule has 1 saturated heterocycles. The van der Waals surface area contributed by atoms with E-state index in [1.165, 1.54) is 44.9 Å². The molecule has 0 spiro atoms. The second-order valence-corrected chi connectivity index (χ2v) is 11.1. The molecular weight excluding hydrogens is 419 g/mol. The van der Waals surface area contributed by atoms with E-state index >= 15 is 0 Å². The fraction of sp³-hybridized carbons (Fsp3) is 0.538. The number of rotatable bonds is 5. The van der Waals surface area contributed by atoms with Gasteiger partial charge in [0, 0.05) is 44.0 Å². The number of thiophene rings is 1. The van der Waals surface area contributed by atoms with Crippen LogP contribution < -0.4 is 4.90 Å². The molecule has 0 N–H and O–H groups in total. The Morgan fingerprint density at radius 1 is 1.09 bits per heavy atom. The number of benzene rings is 1. The van der Waals surface area contributed by atoms with Crippen LogP contribution in [0.1, 0.15) is 49.0 Å². The van der Waals surface area contributed by atoms with E-state index in [0.29, 0.717) is 5.92 Å². The summed E-state index contributed by atoms with van der Waals surface area (Å²) in [6.07, 6.45) is 4.52. The molecule has 0 unspecified atom stereocenters. The lowest BCUT2D eigenvalue weighted by atomic mass is 9.89. The van der Waals surface area contributed by atoms with E-state index < -0.39 is 0 Å². The van der Waals surface area contributed by atoms with Crippen LogP contribution in [0.2, 0.25) is 0 Å². The molecule has 4 nitrogen and oxygen atoms in total. The lowest BCUT2D eigenvalue weighted by molar-refractivity contribution is 0.249. The quantitative estimate of drug-likeness (QED) is 0.513. The van der Waals surface area contributed by atoms with Gasteiger partial charge >= 0.3 is 0 Å². The van der Waals surface area contributed by atoms with E-state index in [2.05, 4.69) is 30.6 Å². The molecule has 1 aromatic carbocycles. The van der Waals surface area contributed by atoms with E-state index in [9.17, 15) is 4.39 Å². The number of fused-ring (bicyclic) bond motifs is 3. The zero-order valence-electron chi connectivity index (χ0n) is 19.4. The number of aryl methyl sites for hydroxylation is 1. The van der Waals surface area contributed by atoms with Crippen LogP contribution in [-0.4, -0.2) is 41.0 Å². The van der Waals surface area contributed by atoms with Gasteiger partial charge in [0.2, 0.25) is 0 Å². The Morgan fingerprint density at radius 2 is 1.84 bits per heavy atom. The predicted octanol–water partition coefficient (Wildman–Crippen LogP) is 5.48. The fourth-order valence-electron chi connectivity index (χ4n) is 5.02. The van der Waals surface area contributed by atoms with Crippen molar-refractivity contribution < 1.29 is 4.39 Å². The summed E-state index contributed by atoms with van der Waals surface area (Å²) in [6.45, 7) is 11.6. The van der Waals surface area contributed by atoms with E-state index in [1.54, 1.807) is 12.1 Å². The minimum Gasteiger partial charge on any atom is -0.353 e. The third kappa shape index (κ3) is 4.53. The number of hydrogen-bond acceptors (Lipinski definition) is 5. The van der Waals surface area contributed by atoms with Gasteiger partial charge in [-0.1, -0.05) is 32.9 Å². The summed E-state index contributed by atoms with van der Waals surface area (Å²) < 4.78 is 13.2. The molecule has 6 heteroatoms. The van der Waals surface area contributed by atoms with E-state index in [1.807, 2.05) is 23.5 Å². The van der Waals surface area contributed by atoms with Gasteiger partial charge in [-0.3, -0.25) is 4.90 Å². The van der Waals surface area contributed by atoms with Gasteiger partial charge < -0.3 is 4.90 Å². The van der Waals surface area contributed by atoms with Crippen molar-refractivity contribution in [2.45, 2.75) is 53.0 Å². The smallest absolute Gasteiger partial charge is 0.141 e. The normalized spacial score (nSPS) is 19.7. The maximum Gasteiger partial charge on any atom is 0.141 e. The third-order valence-corrected chi connectivity index (χ3v) is 7.91. The molecule has 1 aliphatic heterocycles. The van der Waals surface area contributed by atoms with Crippen molar-refractivity contribution >= 4 is 27.4 Å². The second-order valence-electron chi connectivity index (χ2n) is 9.98. The molecule has 0 bridgehead atoms. The minimum atomic E-state index is -0.169. The van der Waals surface area contributed by atoms with Crippen molar-refractivity contribution in [2.24, 2.45) is 11.8 Å². The summed E-state index contributed by atoms with van der Waals surface area (Å²) in [4.78, 5) is 17.8. The average Bonchev–Trinajstić information content (AvgIpc) is 3.12. The topological polar surface area (TPSA) is 32.3 Å². The first-order chi connectivity index (χ1) is 15.5. The fourth-order valence-corrected chi connectivity index (χ4v) is 6.41. The summed E-state index contributed by atoms with van der Waals surface area (Å²) in [5.41, 5.74) is 2.69. The summed E-state index contributed by atoms with van der Waals surface area (Å²) in [5, 5.41) is 1.33. The standard InChI is InChI=1S/C26H33FN4S/c1-17(2)14-23-28-25(24-21-9-4-18(3)15-22(21)32-26(24)29-23)31-12-10-30(11-13-31)16-19-5-7-20(27)8-6-19/h5-8,17-18H,4,9-16H2,1-3H3/t18-/m1/s1. The molecule has 3 heterocycles. The van der Waals surface area contributed by atoms with E-state index in [0.717, 1.165) is 57.3 Å². The summed E-state index contributed by atoms with van der Waals surface area (Å²) in [6, 6.07) is 6.90. The van der Waals surface area contributed by atoms with Gasteiger partial charge in [-0.2, -0.15) is 0 Å². The van der Waals surface area contributed by atoms with E-state index in [4.69, 9.17) is 9.97 Å². The summed E-state index contributed by atoms with van der Waals surface area (Å²) in [5.74, 6) is 3.29. The Hall–Kier alpha value is -2.05. The highest BCUT2D eigenvalue weighted by molar-refractivity contribution is 7.19. The van der Waals surface area contributed by atoms with Crippen LogP contribution in [-0.2, 0) is 25.8 Å². The second kappa shape index (κ2) is 9.06. The van der Waals surface area contributed by atoms with Gasteiger partial charge in [-0.15, -0.1) is 11.3 Å². The molecule has 32 heavy (non-hydrogen) atoms. The Labute approximate surface area is 194 Å². The number of anilines is 1. The van der Waals surface area contributed by atoms with Crippen molar-refractivity contribution in [3.63, 3.8) is 0 Å². The van der Waals surface area contributed by atoms with Crippen molar-refractivity contribution in [1.29, 1.82) is 0 Å². The Balaban J connectivity index is 1.40. The van der Waals surface area contributed by atoms with Gasteiger partial charge in [-0.05, 0) is 54.4 Å². The van der Waals surface area contributed by atoms with Crippen molar-refractivity contribution in [3.05, 3.63) is 51.9 Å². The van der Waals surface area contributed by atoms with Gasteiger partial charge in [0.05, 0.1) is 5.39 Å². The van der Waals surface area contributed by atoms with Crippen molar-refractivity contribution in [1.82, 2.24) is 14.9 Å². The number of halogens is 1. The molecule has 1 aliphatic carbocycles. The largest absolute Gasteiger partial charge is 0.353 e. The molecule has 1 fully saturated rings. The first-order valence-electron chi connectivity index (χ1n) is 12.0. The first kappa shape index (κ1) is 21.8. The van der Waals surface area contributed by atoms with Gasteiger partial charge in [0.15, 0.2) is 0 Å². The predicted molar refractivity (Wildman–Crippen MR) is 131 cm³/mol. The average molecular weight is 453 g/mol. The number of aromatic nitrogens is 2. The lowest BCUT2D eigenvalue weighted by Crippen LogP contribution is -2.46. The summed E-state index contributed by atoms with van der Waals surface area (Å²) >= 11 is 1.91. The Bertz CT molecular complexity index is 1080. The maximum atomic E-state index is 13.2. The van der Waals surface area contributed by atoms with Gasteiger partial charge in [-0.25, -0.2) is 14.4 Å². The van der Waals surface area contributed by atoms with Crippen LogP contribution in [0.25, 0.3) is 10.2 Å². The first-order valence-corrected chi connectivity index (χ1v) is 12.8. The third-order valence-electron chi connectivity index (χ3n) is 6.76. The molecule has 1 atom stereocenters. The molecule has 2 aromatic heterocycles. The van der Waals surface area contributed by atoms with Crippen molar-refractivity contribution in [2.75, 3.05) is 31.1 Å². The molecule has 3 aromatic rings. The Kier molecular flexibility index (Phi) is 6.17. The Morgan fingerprint density at radius 3 is 2.56 bits per heavy atom. The highest BCUT2D eigenvalue weighted by Crippen LogP contribution is 2.41. The van der Waals surface area contributed by atoms with Crippen LogP contribution in [0, 0.1) is 17.7 Å². The molecule has 0 radical (unpaired) electrons. The highest BCUT2D eigenvalue weighted by atomic mass is 32.1. The van der Waals surface area contributed by atoms with Gasteiger partial charge in [0.1, 0.15) is 22.3 Å². The van der Waals surface area contributed by atoms with Crippen LogP contribution in [0.5, 0.6) is 0 Å². The molecule has 0 amide bonds. The van der Waals surface area contributed by atoms with Crippen molar-refractivity contribution in [3.8, 4) is 0 Å². The molecule has 0 saturated carbocycles.